The number of sulfonamides is 1. The first-order chi connectivity index (χ1) is 14.9. The lowest BCUT2D eigenvalue weighted by Gasteiger charge is -2.39. The van der Waals surface area contributed by atoms with E-state index in [2.05, 4.69) is 0 Å². The van der Waals surface area contributed by atoms with E-state index in [1.807, 2.05) is 41.8 Å². The van der Waals surface area contributed by atoms with Crippen LogP contribution in [0.25, 0.3) is 0 Å². The molecule has 3 aromatic rings. The van der Waals surface area contributed by atoms with Gasteiger partial charge in [-0.05, 0) is 59.7 Å². The van der Waals surface area contributed by atoms with Crippen molar-refractivity contribution in [3.8, 4) is 5.75 Å². The summed E-state index contributed by atoms with van der Waals surface area (Å²) in [6.45, 7) is 0. The van der Waals surface area contributed by atoms with E-state index >= 15 is 0 Å². The van der Waals surface area contributed by atoms with E-state index in [9.17, 15) is 18.3 Å². The maximum atomic E-state index is 13.7. The summed E-state index contributed by atoms with van der Waals surface area (Å²) < 4.78 is 33.7. The number of carbonyl (C=O) groups is 1. The summed E-state index contributed by atoms with van der Waals surface area (Å²) in [6, 6.07) is 16.1. The molecule has 4 rings (SSSR count). The molecule has 1 aromatic heterocycles. The van der Waals surface area contributed by atoms with Crippen LogP contribution < -0.4 is 4.74 Å². The van der Waals surface area contributed by atoms with Crippen LogP contribution in [0, 0.1) is 0 Å². The Bertz CT molecular complexity index is 1160. The third kappa shape index (κ3) is 4.23. The zero-order valence-corrected chi connectivity index (χ0v) is 18.6. The Balaban J connectivity index is 1.76. The molecule has 1 aliphatic heterocycles. The fourth-order valence-electron chi connectivity index (χ4n) is 4.06. The molecule has 0 unspecified atom stereocenters. The Morgan fingerprint density at radius 2 is 1.84 bits per heavy atom. The Morgan fingerprint density at radius 3 is 2.48 bits per heavy atom. The van der Waals surface area contributed by atoms with Crippen LogP contribution in [0.3, 0.4) is 0 Å². The van der Waals surface area contributed by atoms with Crippen molar-refractivity contribution >= 4 is 27.3 Å². The molecule has 0 radical (unpaired) electrons. The van der Waals surface area contributed by atoms with Gasteiger partial charge in [-0.2, -0.15) is 4.31 Å². The van der Waals surface area contributed by atoms with Crippen LogP contribution in [0.4, 0.5) is 0 Å². The summed E-state index contributed by atoms with van der Waals surface area (Å²) in [5.41, 5.74) is 1.98. The van der Waals surface area contributed by atoms with Crippen molar-refractivity contribution in [3.63, 3.8) is 0 Å². The minimum Gasteiger partial charge on any atom is -0.497 e. The van der Waals surface area contributed by atoms with Crippen LogP contribution >= 0.6 is 11.3 Å². The maximum Gasteiger partial charge on any atom is 0.322 e. The molecule has 0 aliphatic carbocycles. The number of rotatable bonds is 7. The minimum atomic E-state index is -4.05. The quantitative estimate of drug-likeness (QED) is 0.577. The van der Waals surface area contributed by atoms with Crippen LogP contribution in [0.2, 0.25) is 0 Å². The molecule has 2 atom stereocenters. The Hall–Kier alpha value is -2.68. The first-order valence-corrected chi connectivity index (χ1v) is 12.2. The van der Waals surface area contributed by atoms with Crippen LogP contribution in [0.5, 0.6) is 5.75 Å². The van der Waals surface area contributed by atoms with Gasteiger partial charge in [0.2, 0.25) is 10.0 Å². The number of benzene rings is 2. The molecule has 0 amide bonds. The summed E-state index contributed by atoms with van der Waals surface area (Å²) in [5.74, 6) is -0.603. The average Bonchev–Trinajstić information content (AvgIpc) is 3.26. The molecule has 0 saturated carbocycles. The fourth-order valence-corrected chi connectivity index (χ4v) is 6.81. The molecular formula is C23H23NO5S2. The van der Waals surface area contributed by atoms with Gasteiger partial charge in [0.05, 0.1) is 18.0 Å². The van der Waals surface area contributed by atoms with Crippen molar-refractivity contribution in [2.45, 2.75) is 36.2 Å². The predicted molar refractivity (Wildman–Crippen MR) is 119 cm³/mol. The molecule has 0 fully saturated rings. The van der Waals surface area contributed by atoms with Crippen LogP contribution in [0.1, 0.15) is 28.5 Å². The van der Waals surface area contributed by atoms with E-state index in [-0.39, 0.29) is 11.3 Å². The summed E-state index contributed by atoms with van der Waals surface area (Å²) in [6.07, 6.45) is 1.30. The highest BCUT2D eigenvalue weighted by Gasteiger charge is 2.45. The largest absolute Gasteiger partial charge is 0.497 e. The number of hydrogen-bond donors (Lipinski definition) is 1. The van der Waals surface area contributed by atoms with E-state index in [1.54, 1.807) is 12.1 Å². The number of fused-ring (bicyclic) bond motifs is 1. The van der Waals surface area contributed by atoms with Gasteiger partial charge in [0, 0.05) is 11.3 Å². The van der Waals surface area contributed by atoms with E-state index in [0.29, 0.717) is 18.6 Å². The molecule has 2 heterocycles. The van der Waals surface area contributed by atoms with Crippen molar-refractivity contribution in [2.75, 3.05) is 7.11 Å². The highest BCUT2D eigenvalue weighted by molar-refractivity contribution is 7.89. The van der Waals surface area contributed by atoms with Crippen molar-refractivity contribution in [3.05, 3.63) is 82.0 Å². The zero-order chi connectivity index (χ0) is 22.0. The summed E-state index contributed by atoms with van der Waals surface area (Å²) in [7, 11) is -2.55. The molecule has 1 N–H and O–H groups in total. The van der Waals surface area contributed by atoms with Gasteiger partial charge < -0.3 is 9.84 Å². The zero-order valence-electron chi connectivity index (χ0n) is 17.0. The van der Waals surface area contributed by atoms with Crippen LogP contribution in [-0.4, -0.2) is 37.0 Å². The second-order valence-corrected chi connectivity index (χ2v) is 10.3. The van der Waals surface area contributed by atoms with Crippen molar-refractivity contribution in [2.24, 2.45) is 0 Å². The molecule has 1 aliphatic rings. The number of carboxylic acids is 1. The van der Waals surface area contributed by atoms with Crippen LogP contribution in [0.15, 0.2) is 70.9 Å². The molecule has 162 valence electrons. The average molecular weight is 458 g/mol. The number of methoxy groups -OCH3 is 1. The van der Waals surface area contributed by atoms with E-state index < -0.39 is 28.1 Å². The molecule has 0 spiro atoms. The van der Waals surface area contributed by atoms with Gasteiger partial charge in [-0.3, -0.25) is 4.79 Å². The van der Waals surface area contributed by atoms with E-state index in [0.717, 1.165) is 16.0 Å². The molecule has 31 heavy (non-hydrogen) atoms. The molecule has 8 heteroatoms. The summed E-state index contributed by atoms with van der Waals surface area (Å²) >= 11 is 1.48. The highest BCUT2D eigenvalue weighted by atomic mass is 32.2. The Morgan fingerprint density at radius 1 is 1.13 bits per heavy atom. The Labute approximate surface area is 185 Å². The first-order valence-electron chi connectivity index (χ1n) is 9.92. The summed E-state index contributed by atoms with van der Waals surface area (Å²) in [5, 5.41) is 11.9. The maximum absolute atomic E-state index is 13.7. The number of nitrogens with zero attached hydrogens (tertiary/aromatic N) is 1. The highest BCUT2D eigenvalue weighted by Crippen LogP contribution is 2.42. The topological polar surface area (TPSA) is 83.9 Å². The van der Waals surface area contributed by atoms with Gasteiger partial charge in [-0.1, -0.05) is 30.3 Å². The standard InChI is InChI=1S/C23H23NO5S2/c1-29-17-8-10-18(11-9-17)31(27,28)24-20(12-7-16-5-3-2-4-6-16)19-13-14-30-22(19)15-21(24)23(25)26/h2-6,8-11,13-14,20-21H,7,12,15H2,1H3,(H,25,26)/t20-,21+/m0/s1. The number of aliphatic carboxylic acids is 1. The van der Waals surface area contributed by atoms with Gasteiger partial charge in [-0.25, -0.2) is 8.42 Å². The first kappa shape index (κ1) is 21.5. The number of ether oxygens (including phenoxy) is 1. The normalized spacial score (nSPS) is 19.0. The van der Waals surface area contributed by atoms with Gasteiger partial charge in [-0.15, -0.1) is 11.3 Å². The summed E-state index contributed by atoms with van der Waals surface area (Å²) in [4.78, 5) is 13.2. The second-order valence-electron chi connectivity index (χ2n) is 7.41. The predicted octanol–water partition coefficient (Wildman–Crippen LogP) is 4.13. The molecule has 2 aromatic carbocycles. The van der Waals surface area contributed by atoms with Gasteiger partial charge in [0.1, 0.15) is 11.8 Å². The van der Waals surface area contributed by atoms with Crippen LogP contribution in [-0.2, 0) is 27.7 Å². The van der Waals surface area contributed by atoms with Crippen molar-refractivity contribution < 1.29 is 23.1 Å². The van der Waals surface area contributed by atoms with Gasteiger partial charge in [0.15, 0.2) is 0 Å². The molecule has 6 nitrogen and oxygen atoms in total. The Kier molecular flexibility index (Phi) is 6.13. The minimum absolute atomic E-state index is 0.0583. The number of aryl methyl sites for hydroxylation is 1. The second kappa shape index (κ2) is 8.82. The molecule has 0 saturated heterocycles. The number of carboxylic acid groups (broad SMARTS) is 1. The third-order valence-corrected chi connectivity index (χ3v) is 8.49. The van der Waals surface area contributed by atoms with Gasteiger partial charge in [0.25, 0.3) is 0 Å². The van der Waals surface area contributed by atoms with Crippen molar-refractivity contribution in [1.29, 1.82) is 0 Å². The lowest BCUT2D eigenvalue weighted by Crippen LogP contribution is -2.50. The van der Waals surface area contributed by atoms with Gasteiger partial charge >= 0.3 is 5.97 Å². The van der Waals surface area contributed by atoms with E-state index in [1.165, 1.54) is 34.9 Å². The number of hydrogen-bond acceptors (Lipinski definition) is 5. The van der Waals surface area contributed by atoms with E-state index in [4.69, 9.17) is 4.74 Å². The third-order valence-electron chi connectivity index (χ3n) is 5.60. The fraction of sp³-hybridized carbons (Fsp3) is 0.261. The monoisotopic (exact) mass is 457 g/mol. The lowest BCUT2D eigenvalue weighted by molar-refractivity contribution is -0.142. The lowest BCUT2D eigenvalue weighted by atomic mass is 9.92. The SMILES string of the molecule is COc1ccc(S(=O)(=O)N2[C@@H](C(=O)O)Cc3sccc3[C@@H]2CCc2ccccc2)cc1. The smallest absolute Gasteiger partial charge is 0.322 e. The molecular weight excluding hydrogens is 434 g/mol. The number of thiophene rings is 1. The van der Waals surface area contributed by atoms with Crippen molar-refractivity contribution in [1.82, 2.24) is 4.31 Å². The molecule has 0 bridgehead atoms.